The molecule has 2 aromatic rings. The summed E-state index contributed by atoms with van der Waals surface area (Å²) < 4.78 is 37.0. The first kappa shape index (κ1) is 23.7. The maximum atomic E-state index is 12.0. The van der Waals surface area contributed by atoms with Gasteiger partial charge in [0.2, 0.25) is 0 Å². The van der Waals surface area contributed by atoms with E-state index in [-0.39, 0.29) is 23.4 Å². The second-order valence-electron chi connectivity index (χ2n) is 6.87. The van der Waals surface area contributed by atoms with Gasteiger partial charge in [-0.05, 0) is 6.42 Å². The Labute approximate surface area is 180 Å². The topological polar surface area (TPSA) is 255 Å². The van der Waals surface area contributed by atoms with Crippen LogP contribution in [0.25, 0.3) is 11.2 Å². The molecule has 32 heavy (non-hydrogen) atoms. The number of carboxylic acids is 1. The van der Waals surface area contributed by atoms with Crippen LogP contribution >= 0.6 is 0 Å². The number of aliphatic carboxylic acids is 1. The van der Waals surface area contributed by atoms with Gasteiger partial charge in [0.1, 0.15) is 30.2 Å². The molecule has 176 valence electrons. The summed E-state index contributed by atoms with van der Waals surface area (Å²) in [5.74, 6) is -2.28. The van der Waals surface area contributed by atoms with Crippen LogP contribution in [0.2, 0.25) is 0 Å². The van der Waals surface area contributed by atoms with E-state index < -0.39 is 65.8 Å². The summed E-state index contributed by atoms with van der Waals surface area (Å²) in [6, 6.07) is -1.40. The molecule has 3 rings (SSSR count). The third-order valence-corrected chi connectivity index (χ3v) is 5.52. The fourth-order valence-corrected chi connectivity index (χ4v) is 3.72. The molecule has 1 aliphatic rings. The minimum atomic E-state index is -4.66. The zero-order valence-electron chi connectivity index (χ0n) is 16.3. The number of carboxylic acid groups (broad SMARTS) is 1. The van der Waals surface area contributed by atoms with E-state index in [1.165, 1.54) is 17.2 Å². The molecule has 1 saturated heterocycles. The van der Waals surface area contributed by atoms with E-state index in [0.717, 1.165) is 0 Å². The van der Waals surface area contributed by atoms with E-state index in [1.54, 1.807) is 4.72 Å². The Morgan fingerprint density at radius 3 is 2.69 bits per heavy atom. The zero-order valence-corrected chi connectivity index (χ0v) is 17.1. The van der Waals surface area contributed by atoms with Crippen molar-refractivity contribution in [3.05, 3.63) is 12.7 Å². The highest BCUT2D eigenvalue weighted by molar-refractivity contribution is 7.85. The lowest BCUT2D eigenvalue weighted by atomic mass is 10.1. The van der Waals surface area contributed by atoms with Crippen molar-refractivity contribution in [3.8, 4) is 0 Å². The highest BCUT2D eigenvalue weighted by atomic mass is 32.2. The number of carbonyl (C=O) groups is 2. The van der Waals surface area contributed by atoms with Gasteiger partial charge in [0.15, 0.2) is 17.7 Å². The fourth-order valence-electron chi connectivity index (χ4n) is 2.95. The van der Waals surface area contributed by atoms with Crippen molar-refractivity contribution >= 4 is 39.2 Å². The summed E-state index contributed by atoms with van der Waals surface area (Å²) in [5, 5.41) is 29.2. The van der Waals surface area contributed by atoms with E-state index in [0.29, 0.717) is 0 Å². The van der Waals surface area contributed by atoms with Crippen molar-refractivity contribution in [2.45, 2.75) is 43.4 Å². The lowest BCUT2D eigenvalue weighted by molar-refractivity contribution is -0.137. The molecule has 0 bridgehead atoms. The Bertz CT molecular complexity index is 1110. The first-order valence-electron chi connectivity index (χ1n) is 9.13. The smallest absolute Gasteiger partial charge is 0.362 e. The number of aliphatic hydroxyl groups is 2. The normalized spacial score (nSPS) is 24.5. The van der Waals surface area contributed by atoms with Gasteiger partial charge in [-0.15, -0.1) is 0 Å². The fraction of sp³-hybridized carbons (Fsp3) is 0.533. The monoisotopic (exact) mass is 475 g/mol. The highest BCUT2D eigenvalue weighted by Gasteiger charge is 2.45. The number of hydrogen-bond donors (Lipinski definition) is 6. The number of anilines is 1. The van der Waals surface area contributed by atoms with Crippen LogP contribution in [0.4, 0.5) is 5.82 Å². The Morgan fingerprint density at radius 1 is 1.28 bits per heavy atom. The van der Waals surface area contributed by atoms with Gasteiger partial charge in [0, 0.05) is 6.42 Å². The molecular formula is C15H21N7O9S. The summed E-state index contributed by atoms with van der Waals surface area (Å²) >= 11 is 0. The van der Waals surface area contributed by atoms with Gasteiger partial charge >= 0.3 is 16.3 Å². The number of ether oxygens (including phenoxy) is 1. The molecule has 3 heterocycles. The number of aromatic nitrogens is 4. The van der Waals surface area contributed by atoms with Gasteiger partial charge in [-0.2, -0.15) is 8.42 Å². The van der Waals surface area contributed by atoms with Crippen LogP contribution in [0.15, 0.2) is 12.7 Å². The number of nitrogens with one attached hydrogen (secondary N) is 1. The Hall–Kier alpha value is -2.96. The number of nitrogen functional groups attached to an aromatic ring is 1. The summed E-state index contributed by atoms with van der Waals surface area (Å²) in [4.78, 5) is 34.1. The molecule has 16 nitrogen and oxygen atoms in total. The van der Waals surface area contributed by atoms with Crippen molar-refractivity contribution in [1.82, 2.24) is 24.2 Å². The third kappa shape index (κ3) is 5.09. The Balaban J connectivity index is 1.62. The molecule has 8 N–H and O–H groups in total. The number of nitrogens with zero attached hydrogens (tertiary/aromatic N) is 4. The van der Waals surface area contributed by atoms with Crippen molar-refractivity contribution < 1.29 is 42.2 Å². The van der Waals surface area contributed by atoms with Gasteiger partial charge in [0.25, 0.3) is 5.91 Å². The van der Waals surface area contributed by atoms with Crippen LogP contribution < -0.4 is 16.2 Å². The Kier molecular flexibility index (Phi) is 6.86. The van der Waals surface area contributed by atoms with Crippen LogP contribution in [0.1, 0.15) is 19.1 Å². The number of imidazole rings is 1. The lowest BCUT2D eigenvalue weighted by Crippen LogP contribution is -2.45. The van der Waals surface area contributed by atoms with Crippen LogP contribution in [0, 0.1) is 0 Å². The van der Waals surface area contributed by atoms with Gasteiger partial charge in [0.05, 0.1) is 19.0 Å². The number of amides is 1. The summed E-state index contributed by atoms with van der Waals surface area (Å²) in [5.41, 5.74) is 11.6. The molecule has 5 atom stereocenters. The predicted octanol–water partition coefficient (Wildman–Crippen LogP) is -3.40. The number of fused-ring (bicyclic) bond motifs is 1. The number of hydrogen-bond acceptors (Lipinski definition) is 13. The van der Waals surface area contributed by atoms with E-state index in [4.69, 9.17) is 21.3 Å². The average molecular weight is 475 g/mol. The second-order valence-corrected chi connectivity index (χ2v) is 8.22. The molecule has 0 aliphatic carbocycles. The molecule has 0 spiro atoms. The molecular weight excluding hydrogens is 454 g/mol. The number of carbonyl (C=O) groups excluding carboxylic acids is 1. The van der Waals surface area contributed by atoms with E-state index in [2.05, 4.69) is 19.1 Å². The second kappa shape index (κ2) is 9.27. The summed E-state index contributed by atoms with van der Waals surface area (Å²) in [7, 11) is -4.66. The maximum Gasteiger partial charge on any atom is 0.362 e. The number of aliphatic hydroxyl groups excluding tert-OH is 2. The maximum absolute atomic E-state index is 12.0. The molecule has 0 radical (unpaired) electrons. The zero-order chi connectivity index (χ0) is 23.6. The van der Waals surface area contributed by atoms with E-state index in [1.807, 2.05) is 0 Å². The average Bonchev–Trinajstić information content (AvgIpc) is 3.27. The standard InChI is InChI=1S/C15H21N7O9S/c16-6(1-2-8(23)24)14(27)21-32(28,29)30-3-7-10(25)11(26)15(31-7)22-5-20-9-12(17)18-4-19-13(9)22/h4-7,10-11,15,25-26H,1-3,16H2,(H,21,27)(H,23,24)(H2,17,18,19)/t6-,7+,10+,11+,15+/m0/s1. The van der Waals surface area contributed by atoms with Crippen molar-refractivity contribution in [3.63, 3.8) is 0 Å². The minimum Gasteiger partial charge on any atom is -0.481 e. The third-order valence-electron chi connectivity index (χ3n) is 4.62. The van der Waals surface area contributed by atoms with Crippen LogP contribution in [-0.2, 0) is 28.8 Å². The molecule has 0 unspecified atom stereocenters. The first-order chi connectivity index (χ1) is 15.0. The molecule has 2 aromatic heterocycles. The Morgan fingerprint density at radius 2 is 2.00 bits per heavy atom. The molecule has 1 fully saturated rings. The van der Waals surface area contributed by atoms with Gasteiger partial charge in [-0.3, -0.25) is 18.3 Å². The molecule has 17 heteroatoms. The molecule has 0 aromatic carbocycles. The lowest BCUT2D eigenvalue weighted by Gasteiger charge is -2.16. The number of nitrogens with two attached hydrogens (primary N) is 2. The predicted molar refractivity (Wildman–Crippen MR) is 104 cm³/mol. The summed E-state index contributed by atoms with van der Waals surface area (Å²) in [6.45, 7) is -0.758. The van der Waals surface area contributed by atoms with Crippen LogP contribution in [-0.4, -0.2) is 86.1 Å². The van der Waals surface area contributed by atoms with E-state index in [9.17, 15) is 28.2 Å². The quantitative estimate of drug-likeness (QED) is 0.207. The van der Waals surface area contributed by atoms with Crippen molar-refractivity contribution in [2.24, 2.45) is 5.73 Å². The molecule has 1 amide bonds. The van der Waals surface area contributed by atoms with Crippen molar-refractivity contribution in [2.75, 3.05) is 12.3 Å². The largest absolute Gasteiger partial charge is 0.481 e. The van der Waals surface area contributed by atoms with Crippen LogP contribution in [0.3, 0.4) is 0 Å². The van der Waals surface area contributed by atoms with Crippen LogP contribution in [0.5, 0.6) is 0 Å². The summed E-state index contributed by atoms with van der Waals surface area (Å²) in [6.07, 6.45) is -3.85. The SMILES string of the molecule is Nc1ncnc2c1ncn2[C@@H]1O[C@H](COS(=O)(=O)NC(=O)[C@@H](N)CCC(=O)O)[C@@H](O)[C@H]1O. The van der Waals surface area contributed by atoms with Gasteiger partial charge in [-0.25, -0.2) is 19.7 Å². The molecule has 0 saturated carbocycles. The van der Waals surface area contributed by atoms with Gasteiger partial charge in [-0.1, -0.05) is 0 Å². The highest BCUT2D eigenvalue weighted by Crippen LogP contribution is 2.32. The van der Waals surface area contributed by atoms with E-state index >= 15 is 0 Å². The minimum absolute atomic E-state index is 0.0880. The first-order valence-corrected chi connectivity index (χ1v) is 10.5. The van der Waals surface area contributed by atoms with Crippen molar-refractivity contribution in [1.29, 1.82) is 0 Å². The molecule has 1 aliphatic heterocycles. The number of rotatable bonds is 9. The van der Waals surface area contributed by atoms with Gasteiger partial charge < -0.3 is 31.5 Å².